The first kappa shape index (κ1) is 18.4. The second-order valence-electron chi connectivity index (χ2n) is 6.61. The van der Waals surface area contributed by atoms with Gasteiger partial charge < -0.3 is 4.74 Å². The number of esters is 1. The van der Waals surface area contributed by atoms with Crippen LogP contribution in [0.15, 0.2) is 30.3 Å². The van der Waals surface area contributed by atoms with E-state index in [-0.39, 0.29) is 5.92 Å². The lowest BCUT2D eigenvalue weighted by molar-refractivity contribution is -0.140. The molecule has 0 bridgehead atoms. The van der Waals surface area contributed by atoms with Gasteiger partial charge >= 0.3 is 5.97 Å². The maximum Gasteiger partial charge on any atom is 0.314 e. The van der Waals surface area contributed by atoms with Crippen molar-refractivity contribution in [1.29, 1.82) is 0 Å². The van der Waals surface area contributed by atoms with E-state index in [0.717, 1.165) is 19.3 Å². The summed E-state index contributed by atoms with van der Waals surface area (Å²) in [5.41, 5.74) is 2.54. The third-order valence-corrected chi connectivity index (χ3v) is 4.98. The minimum Gasteiger partial charge on any atom is -0.421 e. The first-order valence-corrected chi connectivity index (χ1v) is 8.80. The van der Waals surface area contributed by atoms with E-state index in [1.54, 1.807) is 0 Å². The lowest BCUT2D eigenvalue weighted by atomic mass is 9.78. The monoisotopic (exact) mass is 363 g/mol. The number of benzene rings is 1. The van der Waals surface area contributed by atoms with Crippen molar-refractivity contribution in [2.75, 3.05) is 0 Å². The molecule has 2 aromatic rings. The van der Waals surface area contributed by atoms with Crippen LogP contribution in [0.25, 0.3) is 0 Å². The summed E-state index contributed by atoms with van der Waals surface area (Å²) in [5.74, 6) is -5.55. The lowest BCUT2D eigenvalue weighted by Gasteiger charge is -2.27. The highest BCUT2D eigenvalue weighted by molar-refractivity contribution is 5.75. The predicted octanol–water partition coefficient (Wildman–Crippen LogP) is 4.94. The van der Waals surface area contributed by atoms with Gasteiger partial charge in [0, 0.05) is 6.07 Å². The number of carbonyl (C=O) groups excluding carboxylic acids is 1. The van der Waals surface area contributed by atoms with Gasteiger partial charge in [0.25, 0.3) is 11.9 Å². The second kappa shape index (κ2) is 7.89. The molecule has 0 spiro atoms. The fourth-order valence-electron chi connectivity index (χ4n) is 3.38. The molecule has 138 valence electrons. The van der Waals surface area contributed by atoms with Crippen LogP contribution in [-0.2, 0) is 11.2 Å². The first-order valence-electron chi connectivity index (χ1n) is 8.80. The number of halogens is 3. The molecule has 1 saturated carbocycles. The molecule has 26 heavy (non-hydrogen) atoms. The number of aryl methyl sites for hydroxylation is 1. The van der Waals surface area contributed by atoms with Gasteiger partial charge in [-0.2, -0.15) is 13.8 Å². The molecule has 6 heteroatoms. The third-order valence-electron chi connectivity index (χ3n) is 4.98. The molecule has 0 unspecified atom stereocenters. The van der Waals surface area contributed by atoms with Crippen LogP contribution in [0, 0.1) is 23.6 Å². The van der Waals surface area contributed by atoms with Crippen molar-refractivity contribution in [2.24, 2.45) is 5.92 Å². The van der Waals surface area contributed by atoms with Crippen LogP contribution < -0.4 is 4.74 Å². The molecule has 1 aliphatic carbocycles. The van der Waals surface area contributed by atoms with Gasteiger partial charge in [-0.05, 0) is 49.1 Å². The average molecular weight is 363 g/mol. The summed E-state index contributed by atoms with van der Waals surface area (Å²) < 4.78 is 44.4. The smallest absolute Gasteiger partial charge is 0.314 e. The normalized spacial score (nSPS) is 20.0. The molecule has 1 aromatic heterocycles. The van der Waals surface area contributed by atoms with Gasteiger partial charge in [0.1, 0.15) is 0 Å². The molecule has 3 rings (SSSR count). The van der Waals surface area contributed by atoms with Crippen LogP contribution in [0.5, 0.6) is 5.75 Å². The molecule has 0 aliphatic heterocycles. The quantitative estimate of drug-likeness (QED) is 0.570. The molecule has 0 saturated heterocycles. The van der Waals surface area contributed by atoms with Crippen molar-refractivity contribution >= 4 is 5.97 Å². The molecule has 0 atom stereocenters. The second-order valence-corrected chi connectivity index (χ2v) is 6.61. The maximum absolute atomic E-state index is 13.5. The number of nitrogens with zero attached hydrogens (tertiary/aromatic N) is 1. The number of pyridine rings is 1. The summed E-state index contributed by atoms with van der Waals surface area (Å²) in [7, 11) is 0. The molecule has 0 N–H and O–H groups in total. The van der Waals surface area contributed by atoms with Gasteiger partial charge in [0.15, 0.2) is 11.6 Å². The summed E-state index contributed by atoms with van der Waals surface area (Å²) in [6, 6.07) is 9.01. The number of aromatic nitrogens is 1. The molecule has 1 heterocycles. The van der Waals surface area contributed by atoms with Crippen LogP contribution in [0.1, 0.15) is 49.7 Å². The number of rotatable bonds is 4. The minimum absolute atomic E-state index is 0.381. The lowest BCUT2D eigenvalue weighted by Crippen LogP contribution is -2.25. The summed E-state index contributed by atoms with van der Waals surface area (Å²) in [6.45, 7) is 2.11. The van der Waals surface area contributed by atoms with Crippen molar-refractivity contribution in [2.45, 2.75) is 44.9 Å². The highest BCUT2D eigenvalue weighted by Gasteiger charge is 2.29. The summed E-state index contributed by atoms with van der Waals surface area (Å²) in [5, 5.41) is 0. The summed E-state index contributed by atoms with van der Waals surface area (Å²) in [6.07, 6.45) is 3.86. The van der Waals surface area contributed by atoms with Crippen molar-refractivity contribution in [3.63, 3.8) is 0 Å². The predicted molar refractivity (Wildman–Crippen MR) is 90.3 cm³/mol. The van der Waals surface area contributed by atoms with E-state index in [1.807, 2.05) is 0 Å². The standard InChI is InChI=1S/C20H20F3NO2/c1-2-12-3-5-13(6-4-12)14-7-9-15(10-8-14)20(25)26-17-11-16(21)18(22)24-19(17)23/h3-6,11,14-15H,2,7-10H2,1H3. The van der Waals surface area contributed by atoms with E-state index in [9.17, 15) is 18.0 Å². The van der Waals surface area contributed by atoms with E-state index in [2.05, 4.69) is 36.2 Å². The Balaban J connectivity index is 1.59. The van der Waals surface area contributed by atoms with Crippen molar-refractivity contribution < 1.29 is 22.7 Å². The molecule has 1 aromatic carbocycles. The zero-order valence-electron chi connectivity index (χ0n) is 14.5. The largest absolute Gasteiger partial charge is 0.421 e. The molecule has 1 aliphatic rings. The molecule has 0 radical (unpaired) electrons. The zero-order chi connectivity index (χ0) is 18.7. The highest BCUT2D eigenvalue weighted by atomic mass is 19.2. The number of hydrogen-bond donors (Lipinski definition) is 0. The number of carbonyl (C=O) groups is 1. The number of ether oxygens (including phenoxy) is 1. The van der Waals surface area contributed by atoms with E-state index in [0.29, 0.717) is 24.8 Å². The van der Waals surface area contributed by atoms with Gasteiger partial charge in [-0.25, -0.2) is 4.39 Å². The van der Waals surface area contributed by atoms with Gasteiger partial charge in [0.2, 0.25) is 0 Å². The molecular formula is C20H20F3NO2. The minimum atomic E-state index is -1.56. The van der Waals surface area contributed by atoms with Crippen LogP contribution in [0.2, 0.25) is 0 Å². The third kappa shape index (κ3) is 4.06. The van der Waals surface area contributed by atoms with Crippen LogP contribution in [0.3, 0.4) is 0 Å². The van der Waals surface area contributed by atoms with Crippen molar-refractivity contribution in [3.8, 4) is 5.75 Å². The number of hydrogen-bond acceptors (Lipinski definition) is 3. The first-order chi connectivity index (χ1) is 12.5. The summed E-state index contributed by atoms with van der Waals surface area (Å²) >= 11 is 0. The Morgan fingerprint density at radius 2 is 1.73 bits per heavy atom. The van der Waals surface area contributed by atoms with Gasteiger partial charge in [-0.1, -0.05) is 31.2 Å². The zero-order valence-corrected chi connectivity index (χ0v) is 14.5. The van der Waals surface area contributed by atoms with Crippen LogP contribution >= 0.6 is 0 Å². The van der Waals surface area contributed by atoms with Crippen LogP contribution in [-0.4, -0.2) is 11.0 Å². The van der Waals surface area contributed by atoms with E-state index >= 15 is 0 Å². The van der Waals surface area contributed by atoms with Crippen LogP contribution in [0.4, 0.5) is 13.2 Å². The maximum atomic E-state index is 13.5. The van der Waals surface area contributed by atoms with Gasteiger partial charge in [-0.3, -0.25) is 4.79 Å². The Morgan fingerprint density at radius 1 is 1.08 bits per heavy atom. The van der Waals surface area contributed by atoms with Gasteiger partial charge in [-0.15, -0.1) is 0 Å². The van der Waals surface area contributed by atoms with Gasteiger partial charge in [0.05, 0.1) is 5.92 Å². The molecular weight excluding hydrogens is 343 g/mol. The van der Waals surface area contributed by atoms with Crippen molar-refractivity contribution in [1.82, 2.24) is 4.98 Å². The Morgan fingerprint density at radius 3 is 2.35 bits per heavy atom. The Bertz CT molecular complexity index is 784. The summed E-state index contributed by atoms with van der Waals surface area (Å²) in [4.78, 5) is 15.0. The Kier molecular flexibility index (Phi) is 5.59. The fourth-order valence-corrected chi connectivity index (χ4v) is 3.38. The topological polar surface area (TPSA) is 39.2 Å². The average Bonchev–Trinajstić information content (AvgIpc) is 2.66. The molecule has 3 nitrogen and oxygen atoms in total. The Labute approximate surface area is 150 Å². The molecule has 1 fully saturated rings. The van der Waals surface area contributed by atoms with Crippen molar-refractivity contribution in [3.05, 3.63) is 59.2 Å². The molecule has 0 amide bonds. The van der Waals surface area contributed by atoms with E-state index < -0.39 is 29.4 Å². The van der Waals surface area contributed by atoms with E-state index in [1.165, 1.54) is 11.1 Å². The highest BCUT2D eigenvalue weighted by Crippen LogP contribution is 2.36. The SMILES string of the molecule is CCc1ccc(C2CCC(C(=O)Oc3cc(F)c(F)nc3F)CC2)cc1. The Hall–Kier alpha value is -2.37. The van der Waals surface area contributed by atoms with E-state index in [4.69, 9.17) is 4.74 Å². The fraction of sp³-hybridized carbons (Fsp3) is 0.400.